The summed E-state index contributed by atoms with van der Waals surface area (Å²) in [5, 5.41) is 3.56. The highest BCUT2D eigenvalue weighted by Crippen LogP contribution is 2.30. The molecule has 1 atom stereocenters. The number of piperidine rings is 1. The van der Waals surface area contributed by atoms with Gasteiger partial charge >= 0.3 is 0 Å². The van der Waals surface area contributed by atoms with Crippen LogP contribution in [0.5, 0.6) is 0 Å². The quantitative estimate of drug-likeness (QED) is 0.864. The second-order valence-corrected chi connectivity index (χ2v) is 7.19. The summed E-state index contributed by atoms with van der Waals surface area (Å²) in [5.74, 6) is -0.0246. The van der Waals surface area contributed by atoms with Gasteiger partial charge in [0.2, 0.25) is 11.8 Å². The number of rotatable bonds is 4. The first-order valence-corrected chi connectivity index (χ1v) is 9.19. The Bertz CT molecular complexity index is 530. The van der Waals surface area contributed by atoms with Gasteiger partial charge in [0.15, 0.2) is 5.13 Å². The molecule has 21 heavy (non-hydrogen) atoms. The lowest BCUT2D eigenvalue weighted by Crippen LogP contribution is -2.43. The van der Waals surface area contributed by atoms with E-state index in [0.29, 0.717) is 18.1 Å². The Labute approximate surface area is 133 Å². The molecule has 1 N–H and O–H groups in total. The number of carbonyl (C=O) groups is 2. The molecule has 0 radical (unpaired) electrons. The summed E-state index contributed by atoms with van der Waals surface area (Å²) in [7, 11) is 0. The Hall–Kier alpha value is -1.08. The molecule has 2 rings (SSSR count). The van der Waals surface area contributed by atoms with Crippen molar-refractivity contribution in [2.24, 2.45) is 5.92 Å². The maximum Gasteiger partial charge on any atom is 0.231 e. The number of amides is 2. The van der Waals surface area contributed by atoms with E-state index >= 15 is 0 Å². The molecule has 5 nitrogen and oxygen atoms in total. The number of carbonyl (C=O) groups excluding carboxylic acids is 2. The first-order valence-electron chi connectivity index (χ1n) is 7.15. The van der Waals surface area contributed by atoms with Crippen LogP contribution in [-0.2, 0) is 9.59 Å². The van der Waals surface area contributed by atoms with Crippen LogP contribution in [-0.4, -0.2) is 41.0 Å². The number of anilines is 1. The Morgan fingerprint density at radius 1 is 1.52 bits per heavy atom. The molecular weight excluding hydrogens is 306 g/mol. The summed E-state index contributed by atoms with van der Waals surface area (Å²) in [4.78, 5) is 30.3. The van der Waals surface area contributed by atoms with Crippen LogP contribution in [0.1, 0.15) is 31.9 Å². The topological polar surface area (TPSA) is 62.3 Å². The third kappa shape index (κ3) is 3.97. The van der Waals surface area contributed by atoms with Crippen molar-refractivity contribution in [2.75, 3.05) is 24.7 Å². The molecular formula is C14H21N3O2S2. The van der Waals surface area contributed by atoms with Crippen LogP contribution in [0.4, 0.5) is 5.13 Å². The van der Waals surface area contributed by atoms with Gasteiger partial charge in [0.05, 0.1) is 15.8 Å². The lowest BCUT2D eigenvalue weighted by molar-refractivity contribution is -0.134. The molecule has 2 amide bonds. The maximum atomic E-state index is 12.3. The van der Waals surface area contributed by atoms with Crippen LogP contribution in [0.3, 0.4) is 0 Å². The van der Waals surface area contributed by atoms with Crippen LogP contribution >= 0.6 is 23.1 Å². The molecule has 1 unspecified atom stereocenters. The molecule has 1 fully saturated rings. The van der Waals surface area contributed by atoms with Crippen molar-refractivity contribution >= 4 is 40.0 Å². The monoisotopic (exact) mass is 327 g/mol. The van der Waals surface area contributed by atoms with Crippen molar-refractivity contribution in [3.8, 4) is 0 Å². The predicted octanol–water partition coefficient (Wildman–Crippen LogP) is 2.76. The third-order valence-electron chi connectivity index (χ3n) is 3.62. The number of hydrogen-bond acceptors (Lipinski definition) is 5. The number of nitrogens with one attached hydrogen (secondary N) is 1. The summed E-state index contributed by atoms with van der Waals surface area (Å²) in [6.07, 6.45) is 4.22. The van der Waals surface area contributed by atoms with Crippen LogP contribution in [0.2, 0.25) is 0 Å². The van der Waals surface area contributed by atoms with Crippen LogP contribution < -0.4 is 5.32 Å². The fraction of sp³-hybridized carbons (Fsp3) is 0.643. The van der Waals surface area contributed by atoms with Crippen molar-refractivity contribution in [3.63, 3.8) is 0 Å². The highest BCUT2D eigenvalue weighted by molar-refractivity contribution is 8.00. The smallest absolute Gasteiger partial charge is 0.231 e. The standard InChI is InChI=1S/C14H21N3O2S2/c1-4-11(18)17-7-5-6-10(8-17)12(19)16-14-15-9(2)13(20-3)21-14/h10H,4-8H2,1-3H3,(H,15,16,19). The Morgan fingerprint density at radius 3 is 2.90 bits per heavy atom. The van der Waals surface area contributed by atoms with Crippen LogP contribution in [0.25, 0.3) is 0 Å². The average molecular weight is 327 g/mol. The zero-order chi connectivity index (χ0) is 15.4. The largest absolute Gasteiger partial charge is 0.342 e. The third-order valence-corrected chi connectivity index (χ3v) is 5.90. The molecule has 2 heterocycles. The number of nitrogens with zero attached hydrogens (tertiary/aromatic N) is 2. The fourth-order valence-electron chi connectivity index (χ4n) is 2.47. The number of aromatic nitrogens is 1. The van der Waals surface area contributed by atoms with Gasteiger partial charge in [-0.2, -0.15) is 0 Å². The molecule has 1 saturated heterocycles. The van der Waals surface area contributed by atoms with E-state index < -0.39 is 0 Å². The van der Waals surface area contributed by atoms with Crippen molar-refractivity contribution in [2.45, 2.75) is 37.3 Å². The number of thioether (sulfide) groups is 1. The molecule has 0 bridgehead atoms. The van der Waals surface area contributed by atoms with E-state index in [2.05, 4.69) is 10.3 Å². The van der Waals surface area contributed by atoms with Gasteiger partial charge in [-0.05, 0) is 26.0 Å². The number of hydrogen-bond donors (Lipinski definition) is 1. The van der Waals surface area contributed by atoms with Gasteiger partial charge in [-0.1, -0.05) is 18.3 Å². The molecule has 0 spiro atoms. The van der Waals surface area contributed by atoms with Gasteiger partial charge in [0, 0.05) is 19.5 Å². The minimum Gasteiger partial charge on any atom is -0.342 e. The zero-order valence-electron chi connectivity index (χ0n) is 12.6. The van der Waals surface area contributed by atoms with E-state index in [1.54, 1.807) is 16.7 Å². The van der Waals surface area contributed by atoms with Gasteiger partial charge < -0.3 is 10.2 Å². The lowest BCUT2D eigenvalue weighted by Gasteiger charge is -2.31. The number of likely N-dealkylation sites (tertiary alicyclic amines) is 1. The summed E-state index contributed by atoms with van der Waals surface area (Å²) >= 11 is 3.14. The van der Waals surface area contributed by atoms with E-state index in [4.69, 9.17) is 0 Å². The van der Waals surface area contributed by atoms with Crippen molar-refractivity contribution in [1.29, 1.82) is 0 Å². The van der Waals surface area contributed by atoms with E-state index in [0.717, 1.165) is 29.3 Å². The minimum absolute atomic E-state index is 0.0231. The summed E-state index contributed by atoms with van der Waals surface area (Å²) in [6.45, 7) is 5.09. The molecule has 1 aliphatic heterocycles. The molecule has 116 valence electrons. The van der Waals surface area contributed by atoms with Crippen LogP contribution in [0, 0.1) is 12.8 Å². The first kappa shape index (κ1) is 16.3. The maximum absolute atomic E-state index is 12.3. The Balaban J connectivity index is 1.97. The van der Waals surface area contributed by atoms with Gasteiger partial charge in [0.25, 0.3) is 0 Å². The average Bonchev–Trinajstić information content (AvgIpc) is 2.86. The van der Waals surface area contributed by atoms with E-state index in [1.165, 1.54) is 11.3 Å². The first-order chi connectivity index (χ1) is 10.0. The van der Waals surface area contributed by atoms with Crippen LogP contribution in [0.15, 0.2) is 4.21 Å². The van der Waals surface area contributed by atoms with E-state index in [-0.39, 0.29) is 17.7 Å². The van der Waals surface area contributed by atoms with Gasteiger partial charge in [-0.25, -0.2) is 4.98 Å². The molecule has 1 aromatic rings. The number of aryl methyl sites for hydroxylation is 1. The zero-order valence-corrected chi connectivity index (χ0v) is 14.3. The molecule has 0 aliphatic carbocycles. The molecule has 1 aromatic heterocycles. The normalized spacial score (nSPS) is 18.6. The summed E-state index contributed by atoms with van der Waals surface area (Å²) in [5.41, 5.74) is 0.953. The predicted molar refractivity (Wildman–Crippen MR) is 86.9 cm³/mol. The fourth-order valence-corrected chi connectivity index (χ4v) is 4.09. The van der Waals surface area contributed by atoms with Crippen molar-refractivity contribution in [3.05, 3.63) is 5.69 Å². The number of thiazole rings is 1. The molecule has 7 heteroatoms. The lowest BCUT2D eigenvalue weighted by atomic mass is 9.97. The van der Waals surface area contributed by atoms with Gasteiger partial charge in [-0.3, -0.25) is 9.59 Å². The van der Waals surface area contributed by atoms with Crippen molar-refractivity contribution < 1.29 is 9.59 Å². The van der Waals surface area contributed by atoms with Crippen molar-refractivity contribution in [1.82, 2.24) is 9.88 Å². The highest BCUT2D eigenvalue weighted by atomic mass is 32.2. The van der Waals surface area contributed by atoms with Gasteiger partial charge in [0.1, 0.15) is 0 Å². The Kier molecular flexibility index (Phi) is 5.64. The Morgan fingerprint density at radius 2 is 2.29 bits per heavy atom. The van der Waals surface area contributed by atoms with Gasteiger partial charge in [-0.15, -0.1) is 11.8 Å². The summed E-state index contributed by atoms with van der Waals surface area (Å²) < 4.78 is 1.12. The molecule has 0 aromatic carbocycles. The summed E-state index contributed by atoms with van der Waals surface area (Å²) in [6, 6.07) is 0. The van der Waals surface area contributed by atoms with E-state index in [9.17, 15) is 9.59 Å². The molecule has 0 saturated carbocycles. The highest BCUT2D eigenvalue weighted by Gasteiger charge is 2.28. The second kappa shape index (κ2) is 7.26. The second-order valence-electron chi connectivity index (χ2n) is 5.12. The molecule has 1 aliphatic rings. The van der Waals surface area contributed by atoms with E-state index in [1.807, 2.05) is 20.1 Å². The minimum atomic E-state index is -0.129. The SMILES string of the molecule is CCC(=O)N1CCCC(C(=O)Nc2nc(C)c(SC)s2)C1.